The number of hydrogen-bond acceptors (Lipinski definition) is 6. The van der Waals surface area contributed by atoms with E-state index in [1.54, 1.807) is 54.6 Å². The predicted molar refractivity (Wildman–Crippen MR) is 143 cm³/mol. The summed E-state index contributed by atoms with van der Waals surface area (Å²) in [6, 6.07) is 18.2. The van der Waals surface area contributed by atoms with Gasteiger partial charge >= 0.3 is 0 Å². The summed E-state index contributed by atoms with van der Waals surface area (Å²) in [5.74, 6) is 0.417. The molecule has 0 aliphatic heterocycles. The summed E-state index contributed by atoms with van der Waals surface area (Å²) in [5.41, 5.74) is 3.39. The van der Waals surface area contributed by atoms with Crippen LogP contribution in [0.5, 0.6) is 11.5 Å². The minimum Gasteiger partial charge on any atom is -0.493 e. The van der Waals surface area contributed by atoms with E-state index in [0.29, 0.717) is 27.2 Å². The van der Waals surface area contributed by atoms with Crippen LogP contribution in [-0.4, -0.2) is 41.3 Å². The number of hydrazone groups is 1. The first-order valence-electron chi connectivity index (χ1n) is 9.83. The van der Waals surface area contributed by atoms with Gasteiger partial charge in [-0.25, -0.2) is 13.8 Å². The molecule has 0 atom stereocenters. The van der Waals surface area contributed by atoms with E-state index in [4.69, 9.17) is 9.47 Å². The van der Waals surface area contributed by atoms with Crippen LogP contribution in [0, 0.1) is 3.57 Å². The van der Waals surface area contributed by atoms with E-state index < -0.39 is 22.5 Å². The maximum absolute atomic E-state index is 13.3. The van der Waals surface area contributed by atoms with Crippen LogP contribution in [0.4, 0.5) is 5.69 Å². The Morgan fingerprint density at radius 2 is 1.76 bits per heavy atom. The number of amides is 1. The summed E-state index contributed by atoms with van der Waals surface area (Å²) in [4.78, 5) is 12.7. The highest BCUT2D eigenvalue weighted by Gasteiger charge is 2.27. The summed E-state index contributed by atoms with van der Waals surface area (Å²) in [5, 5.41) is 3.96. The van der Waals surface area contributed by atoms with Crippen LogP contribution in [-0.2, 0) is 14.8 Å². The number of carbonyl (C=O) groups excluding carboxylic acids is 1. The van der Waals surface area contributed by atoms with Crippen LogP contribution in [0.25, 0.3) is 0 Å². The Bertz CT molecular complexity index is 1290. The molecule has 3 rings (SSSR count). The third-order valence-corrected chi connectivity index (χ3v) is 7.69. The molecule has 0 aromatic heterocycles. The van der Waals surface area contributed by atoms with Crippen molar-refractivity contribution in [1.29, 1.82) is 0 Å². The molecule has 0 aliphatic carbocycles. The molecular formula is C23H21BrIN3O5S. The Labute approximate surface area is 220 Å². The molecule has 1 N–H and O–H groups in total. The summed E-state index contributed by atoms with van der Waals surface area (Å²) in [7, 11) is -0.940. The zero-order chi connectivity index (χ0) is 24.7. The SMILES string of the molecule is COc1cc(/C=N\NC(=O)CN(c2ccc(I)cc2)S(=O)(=O)c2ccccc2)cc(Br)c1OC. The van der Waals surface area contributed by atoms with Crippen LogP contribution in [0.15, 0.2) is 81.2 Å². The molecule has 3 aromatic rings. The van der Waals surface area contributed by atoms with Crippen molar-refractivity contribution in [2.45, 2.75) is 4.90 Å². The van der Waals surface area contributed by atoms with E-state index in [-0.39, 0.29) is 4.90 Å². The van der Waals surface area contributed by atoms with Gasteiger partial charge in [-0.05, 0) is 92.6 Å². The molecule has 3 aromatic carbocycles. The molecule has 0 unspecified atom stereocenters. The van der Waals surface area contributed by atoms with Gasteiger partial charge < -0.3 is 9.47 Å². The molecule has 0 radical (unpaired) electrons. The van der Waals surface area contributed by atoms with Gasteiger partial charge in [0, 0.05) is 3.57 Å². The average Bonchev–Trinajstić information content (AvgIpc) is 2.83. The zero-order valence-corrected chi connectivity index (χ0v) is 22.8. The molecule has 0 spiro atoms. The fourth-order valence-electron chi connectivity index (χ4n) is 3.00. The number of carbonyl (C=O) groups is 1. The van der Waals surface area contributed by atoms with Gasteiger partial charge in [-0.15, -0.1) is 0 Å². The Morgan fingerprint density at radius 1 is 1.09 bits per heavy atom. The summed E-state index contributed by atoms with van der Waals surface area (Å²) in [6.07, 6.45) is 1.42. The number of anilines is 1. The van der Waals surface area contributed by atoms with Crippen molar-refractivity contribution in [2.75, 3.05) is 25.1 Å². The third kappa shape index (κ3) is 6.27. The van der Waals surface area contributed by atoms with Gasteiger partial charge in [0.2, 0.25) is 0 Å². The summed E-state index contributed by atoms with van der Waals surface area (Å²) >= 11 is 5.53. The molecule has 0 saturated carbocycles. The Balaban J connectivity index is 1.81. The normalized spacial score (nSPS) is 11.3. The number of sulfonamides is 1. The highest BCUT2D eigenvalue weighted by Crippen LogP contribution is 2.35. The minimum atomic E-state index is -3.98. The molecule has 34 heavy (non-hydrogen) atoms. The van der Waals surface area contributed by atoms with Crippen LogP contribution in [0.1, 0.15) is 5.56 Å². The summed E-state index contributed by atoms with van der Waals surface area (Å²) in [6.45, 7) is -0.454. The standard InChI is InChI=1S/C23H21BrIN3O5S/c1-32-21-13-16(12-20(24)23(21)33-2)14-26-27-22(29)15-28(18-10-8-17(25)9-11-18)34(30,31)19-6-4-3-5-7-19/h3-14H,15H2,1-2H3,(H,27,29)/b26-14-. The minimum absolute atomic E-state index is 0.0834. The molecule has 1 amide bonds. The first-order chi connectivity index (χ1) is 16.3. The van der Waals surface area contributed by atoms with Crippen molar-refractivity contribution in [3.05, 3.63) is 80.3 Å². The first-order valence-corrected chi connectivity index (χ1v) is 13.1. The lowest BCUT2D eigenvalue weighted by molar-refractivity contribution is -0.119. The molecule has 11 heteroatoms. The van der Waals surface area contributed by atoms with Crippen molar-refractivity contribution in [3.63, 3.8) is 0 Å². The van der Waals surface area contributed by atoms with Crippen LogP contribution >= 0.6 is 38.5 Å². The maximum atomic E-state index is 13.3. The number of halogens is 2. The Hall–Kier alpha value is -2.64. The number of methoxy groups -OCH3 is 2. The van der Waals surface area contributed by atoms with E-state index in [2.05, 4.69) is 49.0 Å². The second-order valence-electron chi connectivity index (χ2n) is 6.83. The molecule has 178 valence electrons. The van der Waals surface area contributed by atoms with Gasteiger partial charge in [0.25, 0.3) is 15.9 Å². The van der Waals surface area contributed by atoms with Crippen molar-refractivity contribution in [2.24, 2.45) is 5.10 Å². The average molecular weight is 658 g/mol. The van der Waals surface area contributed by atoms with Crippen molar-refractivity contribution in [3.8, 4) is 11.5 Å². The van der Waals surface area contributed by atoms with Gasteiger partial charge in [-0.3, -0.25) is 9.10 Å². The molecule has 0 fully saturated rings. The lowest BCUT2D eigenvalue weighted by atomic mass is 10.2. The van der Waals surface area contributed by atoms with Gasteiger partial charge in [0.05, 0.1) is 35.5 Å². The fraction of sp³-hybridized carbons (Fsp3) is 0.130. The molecule has 0 heterocycles. The largest absolute Gasteiger partial charge is 0.493 e. The maximum Gasteiger partial charge on any atom is 0.264 e. The zero-order valence-electron chi connectivity index (χ0n) is 18.2. The van der Waals surface area contributed by atoms with E-state index >= 15 is 0 Å². The van der Waals surface area contributed by atoms with Gasteiger partial charge in [0.15, 0.2) is 11.5 Å². The van der Waals surface area contributed by atoms with Crippen LogP contribution in [0.3, 0.4) is 0 Å². The highest BCUT2D eigenvalue weighted by atomic mass is 127. The van der Waals surface area contributed by atoms with Gasteiger partial charge in [-0.2, -0.15) is 5.10 Å². The number of nitrogens with one attached hydrogen (secondary N) is 1. The second kappa shape index (κ2) is 11.7. The molecular weight excluding hydrogens is 637 g/mol. The van der Waals surface area contributed by atoms with E-state index in [1.807, 2.05) is 0 Å². The van der Waals surface area contributed by atoms with Crippen molar-refractivity contribution >= 4 is 66.4 Å². The lowest BCUT2D eigenvalue weighted by Gasteiger charge is -2.23. The molecule has 0 saturated heterocycles. The Kier molecular flexibility index (Phi) is 8.91. The quantitative estimate of drug-likeness (QED) is 0.209. The third-order valence-electron chi connectivity index (χ3n) is 4.59. The van der Waals surface area contributed by atoms with Gasteiger partial charge in [0.1, 0.15) is 6.54 Å². The van der Waals surface area contributed by atoms with E-state index in [1.165, 1.54) is 32.6 Å². The lowest BCUT2D eigenvalue weighted by Crippen LogP contribution is -2.39. The number of ether oxygens (including phenoxy) is 2. The molecule has 0 aliphatic rings. The first kappa shape index (κ1) is 26.0. The number of nitrogens with zero attached hydrogens (tertiary/aromatic N) is 2. The Morgan fingerprint density at radius 3 is 2.38 bits per heavy atom. The summed E-state index contributed by atoms with van der Waals surface area (Å²) < 4.78 is 39.8. The van der Waals surface area contributed by atoms with Crippen LogP contribution in [0.2, 0.25) is 0 Å². The topological polar surface area (TPSA) is 97.3 Å². The van der Waals surface area contributed by atoms with Crippen LogP contribution < -0.4 is 19.2 Å². The van der Waals surface area contributed by atoms with E-state index in [0.717, 1.165) is 7.88 Å². The number of hydrogen-bond donors (Lipinski definition) is 1. The molecule has 0 bridgehead atoms. The highest BCUT2D eigenvalue weighted by molar-refractivity contribution is 14.1. The predicted octanol–water partition coefficient (Wildman–Crippen LogP) is 4.42. The second-order valence-corrected chi connectivity index (χ2v) is 10.8. The van der Waals surface area contributed by atoms with E-state index in [9.17, 15) is 13.2 Å². The van der Waals surface area contributed by atoms with Crippen molar-refractivity contribution < 1.29 is 22.7 Å². The number of rotatable bonds is 9. The fourth-order valence-corrected chi connectivity index (χ4v) is 5.42. The monoisotopic (exact) mass is 657 g/mol. The molecule has 8 nitrogen and oxygen atoms in total. The van der Waals surface area contributed by atoms with Gasteiger partial charge in [-0.1, -0.05) is 18.2 Å². The van der Waals surface area contributed by atoms with Crippen molar-refractivity contribution in [1.82, 2.24) is 5.43 Å². The number of benzene rings is 3. The smallest absolute Gasteiger partial charge is 0.264 e.